The Morgan fingerprint density at radius 3 is 2.92 bits per heavy atom. The molecule has 4 heteroatoms. The molecule has 2 aromatic rings. The van der Waals surface area contributed by atoms with Crippen molar-refractivity contribution in [1.29, 1.82) is 0 Å². The number of hydrogen-bond donors (Lipinski definition) is 1. The van der Waals surface area contributed by atoms with Crippen LogP contribution in [0.4, 0.5) is 0 Å². The van der Waals surface area contributed by atoms with Crippen LogP contribution < -0.4 is 4.74 Å². The highest BCUT2D eigenvalue weighted by Gasteiger charge is 2.08. The van der Waals surface area contributed by atoms with Crippen molar-refractivity contribution in [2.24, 2.45) is 7.05 Å². The largest absolute Gasteiger partial charge is 0.503 e. The summed E-state index contributed by atoms with van der Waals surface area (Å²) in [5.74, 6) is 0.548. The number of aromatic nitrogens is 2. The number of methoxy groups -OCH3 is 1. The lowest BCUT2D eigenvalue weighted by molar-refractivity contribution is 0.376. The van der Waals surface area contributed by atoms with Crippen molar-refractivity contribution in [3.05, 3.63) is 18.3 Å². The van der Waals surface area contributed by atoms with Gasteiger partial charge in [-0.2, -0.15) is 5.10 Å². The molecule has 0 saturated carbocycles. The summed E-state index contributed by atoms with van der Waals surface area (Å²) in [7, 11) is 3.33. The molecule has 4 nitrogen and oxygen atoms in total. The van der Waals surface area contributed by atoms with Crippen molar-refractivity contribution in [1.82, 2.24) is 9.78 Å². The van der Waals surface area contributed by atoms with Crippen LogP contribution in [0.15, 0.2) is 18.3 Å². The van der Waals surface area contributed by atoms with Gasteiger partial charge in [0.25, 0.3) is 0 Å². The van der Waals surface area contributed by atoms with Gasteiger partial charge in [-0.25, -0.2) is 0 Å². The molecule has 68 valence electrons. The van der Waals surface area contributed by atoms with Crippen LogP contribution in [0.1, 0.15) is 0 Å². The molecule has 1 N–H and O–H groups in total. The number of hydrogen-bond acceptors (Lipinski definition) is 3. The molecule has 13 heavy (non-hydrogen) atoms. The fraction of sp³-hybridized carbons (Fsp3) is 0.222. The molecule has 0 amide bonds. The van der Waals surface area contributed by atoms with E-state index in [1.807, 2.05) is 19.3 Å². The second-order valence-electron chi connectivity index (χ2n) is 2.86. The first kappa shape index (κ1) is 7.91. The summed E-state index contributed by atoms with van der Waals surface area (Å²) in [5.41, 5.74) is 0.571. The second kappa shape index (κ2) is 2.65. The van der Waals surface area contributed by atoms with E-state index in [1.54, 1.807) is 10.7 Å². The molecule has 1 aromatic heterocycles. The highest BCUT2D eigenvalue weighted by molar-refractivity contribution is 5.86. The van der Waals surface area contributed by atoms with Gasteiger partial charge in [-0.05, 0) is 12.1 Å². The first-order valence-corrected chi connectivity index (χ1v) is 3.91. The number of phenols is 1. The lowest BCUT2D eigenvalue weighted by Crippen LogP contribution is -1.86. The molecule has 0 radical (unpaired) electrons. The third-order valence-electron chi connectivity index (χ3n) is 1.95. The highest BCUT2D eigenvalue weighted by atomic mass is 16.5. The minimum Gasteiger partial charge on any atom is -0.503 e. The van der Waals surface area contributed by atoms with Crippen LogP contribution in [-0.4, -0.2) is 22.0 Å². The van der Waals surface area contributed by atoms with Gasteiger partial charge in [-0.3, -0.25) is 4.68 Å². The van der Waals surface area contributed by atoms with Crippen LogP contribution in [-0.2, 0) is 7.05 Å². The van der Waals surface area contributed by atoms with E-state index in [1.165, 1.54) is 7.11 Å². The van der Waals surface area contributed by atoms with Gasteiger partial charge in [0.1, 0.15) is 5.52 Å². The van der Waals surface area contributed by atoms with E-state index in [-0.39, 0.29) is 5.75 Å². The summed E-state index contributed by atoms with van der Waals surface area (Å²) in [6.45, 7) is 0. The molecule has 0 bridgehead atoms. The van der Waals surface area contributed by atoms with Gasteiger partial charge in [-0.15, -0.1) is 0 Å². The number of rotatable bonds is 1. The Hall–Kier alpha value is -1.71. The number of phenolic OH excluding ortho intramolecular Hbond substituents is 1. The van der Waals surface area contributed by atoms with E-state index in [9.17, 15) is 5.11 Å². The minimum atomic E-state index is 0.0978. The third kappa shape index (κ3) is 1.11. The monoisotopic (exact) mass is 178 g/mol. The maximum atomic E-state index is 9.66. The molecule has 0 aliphatic rings. The molecule has 0 atom stereocenters. The van der Waals surface area contributed by atoms with E-state index in [0.29, 0.717) is 11.3 Å². The Morgan fingerprint density at radius 1 is 1.46 bits per heavy atom. The van der Waals surface area contributed by atoms with Crippen molar-refractivity contribution in [2.45, 2.75) is 0 Å². The topological polar surface area (TPSA) is 47.3 Å². The molecule has 0 fully saturated rings. The zero-order valence-corrected chi connectivity index (χ0v) is 7.48. The van der Waals surface area contributed by atoms with Crippen LogP contribution in [0.2, 0.25) is 0 Å². The number of nitrogens with zero attached hydrogens (tertiary/aromatic N) is 2. The lowest BCUT2D eigenvalue weighted by Gasteiger charge is -2.01. The predicted octanol–water partition coefficient (Wildman–Crippen LogP) is 1.29. The molecule has 1 aromatic carbocycles. The Morgan fingerprint density at radius 2 is 2.23 bits per heavy atom. The van der Waals surface area contributed by atoms with Crippen LogP contribution >= 0.6 is 0 Å². The normalized spacial score (nSPS) is 10.6. The number of benzene rings is 1. The summed E-state index contributed by atoms with van der Waals surface area (Å²) < 4.78 is 6.62. The SMILES string of the molecule is COc1ccc2cn(C)nc2c1O. The average Bonchev–Trinajstić information content (AvgIpc) is 2.47. The van der Waals surface area contributed by atoms with Gasteiger partial charge in [0.05, 0.1) is 7.11 Å². The van der Waals surface area contributed by atoms with E-state index < -0.39 is 0 Å². The number of ether oxygens (including phenoxy) is 1. The Bertz CT molecular complexity index is 448. The van der Waals surface area contributed by atoms with Crippen molar-refractivity contribution >= 4 is 10.9 Å². The molecule has 1 heterocycles. The van der Waals surface area contributed by atoms with Gasteiger partial charge >= 0.3 is 0 Å². The van der Waals surface area contributed by atoms with Crippen LogP contribution in [0.5, 0.6) is 11.5 Å². The summed E-state index contributed by atoms with van der Waals surface area (Å²) in [6.07, 6.45) is 1.84. The minimum absolute atomic E-state index is 0.0978. The van der Waals surface area contributed by atoms with E-state index in [2.05, 4.69) is 5.10 Å². The van der Waals surface area contributed by atoms with Crippen LogP contribution in [0, 0.1) is 0 Å². The first-order valence-electron chi connectivity index (χ1n) is 3.91. The van der Waals surface area contributed by atoms with Gasteiger partial charge in [0.15, 0.2) is 11.5 Å². The quantitative estimate of drug-likeness (QED) is 0.715. The number of aromatic hydroxyl groups is 1. The highest BCUT2D eigenvalue weighted by Crippen LogP contribution is 2.32. The number of aryl methyl sites for hydroxylation is 1. The fourth-order valence-corrected chi connectivity index (χ4v) is 1.34. The van der Waals surface area contributed by atoms with Crippen molar-refractivity contribution < 1.29 is 9.84 Å². The molecule has 0 aliphatic carbocycles. The summed E-state index contributed by atoms with van der Waals surface area (Å²) in [5, 5.41) is 14.7. The van der Waals surface area contributed by atoms with Gasteiger partial charge in [0.2, 0.25) is 0 Å². The molecule has 0 aliphatic heterocycles. The van der Waals surface area contributed by atoms with Crippen molar-refractivity contribution in [3.63, 3.8) is 0 Å². The molecular formula is C9H10N2O2. The Labute approximate surface area is 75.4 Å². The van der Waals surface area contributed by atoms with Crippen molar-refractivity contribution in [3.8, 4) is 11.5 Å². The Kier molecular flexibility index (Phi) is 1.62. The standard InChI is InChI=1S/C9H10N2O2/c1-11-5-6-3-4-7(13-2)9(12)8(6)10-11/h3-5,12H,1-2H3. The fourth-order valence-electron chi connectivity index (χ4n) is 1.34. The molecule has 0 saturated heterocycles. The van der Waals surface area contributed by atoms with E-state index in [0.717, 1.165) is 5.39 Å². The summed E-state index contributed by atoms with van der Waals surface area (Å²) in [6, 6.07) is 3.58. The molecule has 0 unspecified atom stereocenters. The zero-order valence-electron chi connectivity index (χ0n) is 7.48. The van der Waals surface area contributed by atoms with E-state index >= 15 is 0 Å². The van der Waals surface area contributed by atoms with Gasteiger partial charge < -0.3 is 9.84 Å². The Balaban J connectivity index is 2.78. The second-order valence-corrected chi connectivity index (χ2v) is 2.86. The smallest absolute Gasteiger partial charge is 0.186 e. The first-order chi connectivity index (χ1) is 6.22. The van der Waals surface area contributed by atoms with Crippen LogP contribution in [0.25, 0.3) is 10.9 Å². The van der Waals surface area contributed by atoms with Crippen molar-refractivity contribution in [2.75, 3.05) is 7.11 Å². The maximum absolute atomic E-state index is 9.66. The summed E-state index contributed by atoms with van der Waals surface area (Å²) >= 11 is 0. The molecule has 2 rings (SSSR count). The van der Waals surface area contributed by atoms with Gasteiger partial charge in [0, 0.05) is 18.6 Å². The maximum Gasteiger partial charge on any atom is 0.186 e. The van der Waals surface area contributed by atoms with E-state index in [4.69, 9.17) is 4.74 Å². The zero-order chi connectivity index (χ0) is 9.42. The molecular weight excluding hydrogens is 168 g/mol. The van der Waals surface area contributed by atoms with Gasteiger partial charge in [-0.1, -0.05) is 0 Å². The lowest BCUT2D eigenvalue weighted by atomic mass is 10.2. The average molecular weight is 178 g/mol. The number of fused-ring (bicyclic) bond motifs is 1. The third-order valence-corrected chi connectivity index (χ3v) is 1.95. The predicted molar refractivity (Wildman–Crippen MR) is 48.9 cm³/mol. The van der Waals surface area contributed by atoms with Crippen LogP contribution in [0.3, 0.4) is 0 Å². The molecule has 0 spiro atoms. The summed E-state index contributed by atoms with van der Waals surface area (Å²) in [4.78, 5) is 0.